The van der Waals surface area contributed by atoms with Crippen molar-refractivity contribution < 1.29 is 0 Å². The van der Waals surface area contributed by atoms with E-state index in [1.165, 1.54) is 16.0 Å². The van der Waals surface area contributed by atoms with Gasteiger partial charge < -0.3 is 5.32 Å². The Balaban J connectivity index is 1.85. The predicted molar refractivity (Wildman–Crippen MR) is 70.9 cm³/mol. The van der Waals surface area contributed by atoms with Crippen molar-refractivity contribution in [1.29, 1.82) is 0 Å². The van der Waals surface area contributed by atoms with Gasteiger partial charge in [0.15, 0.2) is 0 Å². The van der Waals surface area contributed by atoms with Gasteiger partial charge in [-0.3, -0.25) is 0 Å². The molecule has 0 saturated carbocycles. The lowest BCUT2D eigenvalue weighted by atomic mass is 10.1. The van der Waals surface area contributed by atoms with E-state index in [2.05, 4.69) is 47.1 Å². The molecule has 1 aromatic heterocycles. The third-order valence-corrected chi connectivity index (χ3v) is 3.54. The van der Waals surface area contributed by atoms with Crippen molar-refractivity contribution in [2.24, 2.45) is 0 Å². The first-order valence-corrected chi connectivity index (χ1v) is 6.67. The number of rotatable bonds is 5. The Hall–Kier alpha value is -0.830. The van der Waals surface area contributed by atoms with Crippen LogP contribution in [0.15, 0.2) is 41.8 Å². The van der Waals surface area contributed by atoms with Gasteiger partial charge in [0.05, 0.1) is 0 Å². The summed E-state index contributed by atoms with van der Waals surface area (Å²) < 4.78 is 0. The van der Waals surface area contributed by atoms with Crippen molar-refractivity contribution in [3.8, 4) is 0 Å². The summed E-state index contributed by atoms with van der Waals surface area (Å²) in [6.45, 7) is 1.82. The number of alkyl halides is 1. The lowest BCUT2D eigenvalue weighted by Gasteiger charge is -2.04. The molecule has 1 nitrogen and oxygen atoms in total. The molecule has 0 fully saturated rings. The maximum atomic E-state index is 5.80. The second kappa shape index (κ2) is 6.04. The summed E-state index contributed by atoms with van der Waals surface area (Å²) in [5, 5.41) is 5.53. The van der Waals surface area contributed by atoms with Gasteiger partial charge >= 0.3 is 0 Å². The van der Waals surface area contributed by atoms with Gasteiger partial charge in [-0.25, -0.2) is 0 Å². The van der Waals surface area contributed by atoms with Crippen molar-refractivity contribution in [2.75, 3.05) is 0 Å². The molecule has 2 aromatic rings. The molecule has 0 saturated heterocycles. The monoisotopic (exact) mass is 251 g/mol. The Morgan fingerprint density at radius 1 is 1.06 bits per heavy atom. The van der Waals surface area contributed by atoms with Crippen LogP contribution in [0.5, 0.6) is 0 Å². The Bertz CT molecular complexity index is 425. The highest BCUT2D eigenvalue weighted by molar-refractivity contribution is 7.09. The zero-order valence-electron chi connectivity index (χ0n) is 8.95. The molecule has 1 heterocycles. The molecule has 0 bridgehead atoms. The predicted octanol–water partition coefficient (Wildman–Crippen LogP) is 3.78. The molecule has 2 rings (SSSR count). The highest BCUT2D eigenvalue weighted by atomic mass is 35.5. The van der Waals surface area contributed by atoms with E-state index in [4.69, 9.17) is 11.6 Å². The molecule has 84 valence electrons. The first-order chi connectivity index (χ1) is 7.88. The van der Waals surface area contributed by atoms with Crippen LogP contribution in [0.4, 0.5) is 0 Å². The molecule has 0 amide bonds. The van der Waals surface area contributed by atoms with E-state index in [1.54, 1.807) is 11.3 Å². The number of hydrogen-bond donors (Lipinski definition) is 1. The maximum absolute atomic E-state index is 5.80. The topological polar surface area (TPSA) is 12.0 Å². The van der Waals surface area contributed by atoms with Gasteiger partial charge in [-0.05, 0) is 22.6 Å². The molecule has 1 N–H and O–H groups in total. The normalized spacial score (nSPS) is 10.6. The molecule has 0 atom stereocenters. The van der Waals surface area contributed by atoms with Gasteiger partial charge in [-0.1, -0.05) is 30.3 Å². The molecular weight excluding hydrogens is 238 g/mol. The molecule has 0 aliphatic heterocycles. The first-order valence-electron chi connectivity index (χ1n) is 5.25. The SMILES string of the molecule is ClCc1cccc(CNCc2cccs2)c1. The van der Waals surface area contributed by atoms with E-state index in [0.717, 1.165) is 13.1 Å². The molecule has 16 heavy (non-hydrogen) atoms. The summed E-state index contributed by atoms with van der Waals surface area (Å²) in [7, 11) is 0. The second-order valence-electron chi connectivity index (χ2n) is 3.64. The van der Waals surface area contributed by atoms with Crippen LogP contribution in [0, 0.1) is 0 Å². The molecule has 0 unspecified atom stereocenters. The van der Waals surface area contributed by atoms with Crippen LogP contribution in [0.25, 0.3) is 0 Å². The van der Waals surface area contributed by atoms with E-state index in [-0.39, 0.29) is 0 Å². The van der Waals surface area contributed by atoms with Crippen LogP contribution < -0.4 is 5.32 Å². The Morgan fingerprint density at radius 2 is 1.94 bits per heavy atom. The van der Waals surface area contributed by atoms with Gasteiger partial charge in [0, 0.05) is 23.8 Å². The maximum Gasteiger partial charge on any atom is 0.0474 e. The minimum atomic E-state index is 0.582. The molecular formula is C13H14ClNS. The van der Waals surface area contributed by atoms with E-state index < -0.39 is 0 Å². The number of thiophene rings is 1. The summed E-state index contributed by atoms with van der Waals surface area (Å²) in [6.07, 6.45) is 0. The first kappa shape index (κ1) is 11.6. The number of hydrogen-bond acceptors (Lipinski definition) is 2. The molecule has 3 heteroatoms. The largest absolute Gasteiger partial charge is 0.308 e. The van der Waals surface area contributed by atoms with E-state index in [9.17, 15) is 0 Å². The molecule has 0 spiro atoms. The van der Waals surface area contributed by atoms with Crippen molar-refractivity contribution in [1.82, 2.24) is 5.32 Å². The zero-order chi connectivity index (χ0) is 11.2. The van der Waals surface area contributed by atoms with Crippen molar-refractivity contribution >= 4 is 22.9 Å². The fraction of sp³-hybridized carbons (Fsp3) is 0.231. The van der Waals surface area contributed by atoms with E-state index >= 15 is 0 Å². The average Bonchev–Trinajstić information content (AvgIpc) is 2.82. The van der Waals surface area contributed by atoms with Gasteiger partial charge in [0.2, 0.25) is 0 Å². The minimum absolute atomic E-state index is 0.582. The van der Waals surface area contributed by atoms with Gasteiger partial charge in [0.25, 0.3) is 0 Å². The van der Waals surface area contributed by atoms with Crippen molar-refractivity contribution in [3.05, 3.63) is 57.8 Å². The molecule has 0 aliphatic carbocycles. The van der Waals surface area contributed by atoms with Crippen LogP contribution in [0.2, 0.25) is 0 Å². The van der Waals surface area contributed by atoms with Gasteiger partial charge in [-0.15, -0.1) is 22.9 Å². The number of halogens is 1. The van der Waals surface area contributed by atoms with Crippen LogP contribution in [-0.4, -0.2) is 0 Å². The minimum Gasteiger partial charge on any atom is -0.308 e. The fourth-order valence-electron chi connectivity index (χ4n) is 1.57. The standard InChI is InChI=1S/C13H14ClNS/c14-8-11-3-1-4-12(7-11)9-15-10-13-5-2-6-16-13/h1-7,15H,8-10H2. The van der Waals surface area contributed by atoms with Gasteiger partial charge in [-0.2, -0.15) is 0 Å². The fourth-order valence-corrected chi connectivity index (χ4v) is 2.41. The number of benzene rings is 1. The molecule has 0 radical (unpaired) electrons. The van der Waals surface area contributed by atoms with Gasteiger partial charge in [0.1, 0.15) is 0 Å². The molecule has 0 aliphatic rings. The summed E-state index contributed by atoms with van der Waals surface area (Å²) in [5.74, 6) is 0.582. The summed E-state index contributed by atoms with van der Waals surface area (Å²) >= 11 is 7.58. The quantitative estimate of drug-likeness (QED) is 0.798. The smallest absolute Gasteiger partial charge is 0.0474 e. The molecule has 1 aromatic carbocycles. The highest BCUT2D eigenvalue weighted by Crippen LogP contribution is 2.10. The third kappa shape index (κ3) is 3.34. The summed E-state index contributed by atoms with van der Waals surface area (Å²) in [4.78, 5) is 1.37. The highest BCUT2D eigenvalue weighted by Gasteiger charge is 1.96. The van der Waals surface area contributed by atoms with E-state index in [0.29, 0.717) is 5.88 Å². The second-order valence-corrected chi connectivity index (χ2v) is 4.94. The van der Waals surface area contributed by atoms with Crippen molar-refractivity contribution in [3.63, 3.8) is 0 Å². The number of nitrogens with one attached hydrogen (secondary N) is 1. The lowest BCUT2D eigenvalue weighted by molar-refractivity contribution is 0.700. The summed E-state index contributed by atoms with van der Waals surface area (Å²) in [5.41, 5.74) is 2.46. The van der Waals surface area contributed by atoms with Crippen LogP contribution >= 0.6 is 22.9 Å². The Labute approximate surface area is 105 Å². The average molecular weight is 252 g/mol. The lowest BCUT2D eigenvalue weighted by Crippen LogP contribution is -2.11. The Kier molecular flexibility index (Phi) is 4.40. The zero-order valence-corrected chi connectivity index (χ0v) is 10.5. The van der Waals surface area contributed by atoms with Crippen molar-refractivity contribution in [2.45, 2.75) is 19.0 Å². The third-order valence-electron chi connectivity index (χ3n) is 2.35. The Morgan fingerprint density at radius 3 is 2.69 bits per heavy atom. The van der Waals surface area contributed by atoms with Crippen LogP contribution in [-0.2, 0) is 19.0 Å². The van der Waals surface area contributed by atoms with E-state index in [1.807, 2.05) is 0 Å². The summed E-state index contributed by atoms with van der Waals surface area (Å²) in [6, 6.07) is 12.6. The van der Waals surface area contributed by atoms with Crippen LogP contribution in [0.3, 0.4) is 0 Å². The van der Waals surface area contributed by atoms with Crippen LogP contribution in [0.1, 0.15) is 16.0 Å².